The van der Waals surface area contributed by atoms with E-state index in [4.69, 9.17) is 0 Å². The lowest BCUT2D eigenvalue weighted by Crippen LogP contribution is -2.26. The van der Waals surface area contributed by atoms with Crippen LogP contribution in [-0.2, 0) is 24.1 Å². The molecule has 0 saturated carbocycles. The monoisotopic (exact) mass is 347 g/mol. The second-order valence-electron chi connectivity index (χ2n) is 7.68. The van der Waals surface area contributed by atoms with Gasteiger partial charge >= 0.3 is 0 Å². The maximum Gasteiger partial charge on any atom is 0.259 e. The molecule has 1 aliphatic carbocycles. The number of thiophene rings is 1. The number of H-pyrrole nitrogens is 1. The van der Waals surface area contributed by atoms with Crippen molar-refractivity contribution in [3.05, 3.63) is 26.6 Å². The van der Waals surface area contributed by atoms with Gasteiger partial charge < -0.3 is 10.3 Å². The van der Waals surface area contributed by atoms with Crippen LogP contribution in [0.3, 0.4) is 0 Å². The molecule has 1 unspecified atom stereocenters. The van der Waals surface area contributed by atoms with Crippen LogP contribution >= 0.6 is 11.3 Å². The van der Waals surface area contributed by atoms with Crippen molar-refractivity contribution in [1.82, 2.24) is 15.3 Å². The molecule has 130 valence electrons. The summed E-state index contributed by atoms with van der Waals surface area (Å²) < 4.78 is 0. The van der Waals surface area contributed by atoms with E-state index in [-0.39, 0.29) is 16.9 Å². The molecule has 24 heavy (non-hydrogen) atoms. The van der Waals surface area contributed by atoms with Crippen molar-refractivity contribution in [2.24, 2.45) is 11.3 Å². The van der Waals surface area contributed by atoms with Crippen LogP contribution < -0.4 is 10.9 Å². The third-order valence-electron chi connectivity index (χ3n) is 5.06. The number of aryl methyl sites for hydroxylation is 2. The summed E-state index contributed by atoms with van der Waals surface area (Å²) >= 11 is 1.66. The Bertz CT molecular complexity index is 829. The van der Waals surface area contributed by atoms with Gasteiger partial charge in [0.2, 0.25) is 5.91 Å². The van der Waals surface area contributed by atoms with Crippen molar-refractivity contribution in [2.75, 3.05) is 7.05 Å². The van der Waals surface area contributed by atoms with Crippen LogP contribution in [0, 0.1) is 11.3 Å². The van der Waals surface area contributed by atoms with E-state index in [0.29, 0.717) is 24.6 Å². The van der Waals surface area contributed by atoms with Crippen LogP contribution in [-0.4, -0.2) is 22.9 Å². The van der Waals surface area contributed by atoms with E-state index in [1.54, 1.807) is 18.4 Å². The van der Waals surface area contributed by atoms with Crippen molar-refractivity contribution in [1.29, 1.82) is 0 Å². The summed E-state index contributed by atoms with van der Waals surface area (Å²) in [5, 5.41) is 3.36. The predicted molar refractivity (Wildman–Crippen MR) is 97.6 cm³/mol. The molecule has 1 amide bonds. The Kier molecular flexibility index (Phi) is 4.51. The van der Waals surface area contributed by atoms with Gasteiger partial charge in [0.25, 0.3) is 5.56 Å². The molecule has 0 aromatic carbocycles. The molecule has 2 aromatic heterocycles. The third-order valence-corrected chi connectivity index (χ3v) is 6.21. The molecule has 0 aliphatic heterocycles. The average Bonchev–Trinajstić information content (AvgIpc) is 2.89. The molecular weight excluding hydrogens is 322 g/mol. The number of hydrogen-bond acceptors (Lipinski definition) is 4. The Balaban J connectivity index is 1.93. The first kappa shape index (κ1) is 17.1. The smallest absolute Gasteiger partial charge is 0.259 e. The summed E-state index contributed by atoms with van der Waals surface area (Å²) in [5.74, 6) is 1.20. The Morgan fingerprint density at radius 1 is 1.42 bits per heavy atom. The second-order valence-corrected chi connectivity index (χ2v) is 8.76. The van der Waals surface area contributed by atoms with Gasteiger partial charge in [-0.15, -0.1) is 11.3 Å². The van der Waals surface area contributed by atoms with E-state index in [1.807, 2.05) is 0 Å². The fourth-order valence-corrected chi connectivity index (χ4v) is 4.76. The standard InChI is InChI=1S/C18H25N3O2S/c1-18(2,3)10-5-6-11-12(9-10)24-17-15(11)16(23)20-13(21-17)7-8-14(22)19-4/h10H,5-9H2,1-4H3,(H,19,22)(H,20,21,23). The topological polar surface area (TPSA) is 74.8 Å². The molecule has 1 atom stereocenters. The first-order valence-electron chi connectivity index (χ1n) is 8.53. The molecule has 0 bridgehead atoms. The van der Waals surface area contributed by atoms with Gasteiger partial charge in [0.1, 0.15) is 10.7 Å². The highest BCUT2D eigenvalue weighted by Gasteiger charge is 2.31. The molecule has 1 aliphatic rings. The lowest BCUT2D eigenvalue weighted by Gasteiger charge is -2.33. The minimum atomic E-state index is -0.0568. The minimum Gasteiger partial charge on any atom is -0.359 e. The number of amides is 1. The molecule has 3 rings (SSSR count). The van der Waals surface area contributed by atoms with Gasteiger partial charge in [0.05, 0.1) is 5.39 Å². The van der Waals surface area contributed by atoms with Gasteiger partial charge in [0.15, 0.2) is 0 Å². The number of nitrogens with one attached hydrogen (secondary N) is 2. The lowest BCUT2D eigenvalue weighted by molar-refractivity contribution is -0.120. The van der Waals surface area contributed by atoms with Gasteiger partial charge in [-0.3, -0.25) is 9.59 Å². The largest absolute Gasteiger partial charge is 0.359 e. The fourth-order valence-electron chi connectivity index (χ4n) is 3.44. The molecule has 0 radical (unpaired) electrons. The summed E-state index contributed by atoms with van der Waals surface area (Å²) in [6, 6.07) is 0. The van der Waals surface area contributed by atoms with E-state index in [0.717, 1.165) is 29.5 Å². The zero-order valence-corrected chi connectivity index (χ0v) is 15.6. The van der Waals surface area contributed by atoms with Crippen molar-refractivity contribution in [2.45, 2.75) is 52.9 Å². The number of aromatic amines is 1. The zero-order chi connectivity index (χ0) is 17.5. The number of carbonyl (C=O) groups excluding carboxylic acids is 1. The highest BCUT2D eigenvalue weighted by Crippen LogP contribution is 2.41. The van der Waals surface area contributed by atoms with Gasteiger partial charge in [-0.05, 0) is 36.2 Å². The molecule has 0 spiro atoms. The van der Waals surface area contributed by atoms with Gasteiger partial charge in [-0.25, -0.2) is 4.98 Å². The molecule has 0 saturated heterocycles. The summed E-state index contributed by atoms with van der Waals surface area (Å²) in [6.45, 7) is 6.87. The summed E-state index contributed by atoms with van der Waals surface area (Å²) in [4.78, 5) is 33.6. The highest BCUT2D eigenvalue weighted by molar-refractivity contribution is 7.18. The number of carbonyl (C=O) groups is 1. The normalized spacial score (nSPS) is 17.8. The van der Waals surface area contributed by atoms with Crippen LogP contribution in [0.1, 0.15) is 49.9 Å². The zero-order valence-electron chi connectivity index (χ0n) is 14.8. The van der Waals surface area contributed by atoms with Crippen molar-refractivity contribution >= 4 is 27.5 Å². The summed E-state index contributed by atoms with van der Waals surface area (Å²) in [6.07, 6.45) is 3.91. The average molecular weight is 347 g/mol. The Labute approximate surface area is 145 Å². The van der Waals surface area contributed by atoms with Crippen LogP contribution in [0.15, 0.2) is 4.79 Å². The fraction of sp³-hybridized carbons (Fsp3) is 0.611. The van der Waals surface area contributed by atoms with E-state index >= 15 is 0 Å². The number of fused-ring (bicyclic) bond motifs is 3. The van der Waals surface area contributed by atoms with Gasteiger partial charge in [-0.1, -0.05) is 20.8 Å². The number of rotatable bonds is 3. The van der Waals surface area contributed by atoms with Gasteiger partial charge in [0, 0.05) is 24.8 Å². The first-order valence-corrected chi connectivity index (χ1v) is 9.35. The Hall–Kier alpha value is -1.69. The van der Waals surface area contributed by atoms with E-state index in [1.165, 1.54) is 10.4 Å². The van der Waals surface area contributed by atoms with Gasteiger partial charge in [-0.2, -0.15) is 0 Å². The van der Waals surface area contributed by atoms with Crippen LogP contribution in [0.25, 0.3) is 10.2 Å². The number of hydrogen-bond donors (Lipinski definition) is 2. The molecule has 5 nitrogen and oxygen atoms in total. The maximum absolute atomic E-state index is 12.5. The molecular formula is C18H25N3O2S. The first-order chi connectivity index (χ1) is 11.3. The maximum atomic E-state index is 12.5. The molecule has 0 fully saturated rings. The second kappa shape index (κ2) is 6.31. The number of nitrogens with zero attached hydrogens (tertiary/aromatic N) is 1. The summed E-state index contributed by atoms with van der Waals surface area (Å²) in [7, 11) is 1.61. The van der Waals surface area contributed by atoms with E-state index < -0.39 is 0 Å². The highest BCUT2D eigenvalue weighted by atomic mass is 32.1. The van der Waals surface area contributed by atoms with Crippen molar-refractivity contribution in [3.8, 4) is 0 Å². The Morgan fingerprint density at radius 3 is 2.83 bits per heavy atom. The Morgan fingerprint density at radius 2 is 2.17 bits per heavy atom. The van der Waals surface area contributed by atoms with E-state index in [9.17, 15) is 9.59 Å². The van der Waals surface area contributed by atoms with Crippen LogP contribution in [0.4, 0.5) is 0 Å². The van der Waals surface area contributed by atoms with Crippen molar-refractivity contribution in [3.63, 3.8) is 0 Å². The van der Waals surface area contributed by atoms with E-state index in [2.05, 4.69) is 36.1 Å². The third kappa shape index (κ3) is 3.24. The van der Waals surface area contributed by atoms with Crippen LogP contribution in [0.2, 0.25) is 0 Å². The lowest BCUT2D eigenvalue weighted by atomic mass is 9.72. The van der Waals surface area contributed by atoms with Crippen molar-refractivity contribution < 1.29 is 4.79 Å². The van der Waals surface area contributed by atoms with Crippen LogP contribution in [0.5, 0.6) is 0 Å². The molecule has 2 N–H and O–H groups in total. The SMILES string of the molecule is CNC(=O)CCc1nc2sc3c(c2c(=O)[nH]1)CCC(C(C)(C)C)C3. The summed E-state index contributed by atoms with van der Waals surface area (Å²) in [5.41, 5.74) is 1.42. The minimum absolute atomic E-state index is 0.0451. The quantitative estimate of drug-likeness (QED) is 0.896. The number of aromatic nitrogens is 2. The molecule has 6 heteroatoms. The molecule has 2 heterocycles. The molecule has 2 aromatic rings. The predicted octanol–water partition coefficient (Wildman–Crippen LogP) is 2.81.